The Morgan fingerprint density at radius 1 is 1.42 bits per heavy atom. The van der Waals surface area contributed by atoms with Gasteiger partial charge in [-0.15, -0.1) is 0 Å². The predicted molar refractivity (Wildman–Crippen MR) is 90.5 cm³/mol. The van der Waals surface area contributed by atoms with Crippen molar-refractivity contribution < 1.29 is 14.6 Å². The molecule has 2 N–H and O–H groups in total. The molecule has 0 saturated heterocycles. The minimum absolute atomic E-state index is 0.127. The Morgan fingerprint density at radius 2 is 2.21 bits per heavy atom. The summed E-state index contributed by atoms with van der Waals surface area (Å²) in [5.74, 6) is 0.308. The summed E-state index contributed by atoms with van der Waals surface area (Å²) in [7, 11) is 0. The summed E-state index contributed by atoms with van der Waals surface area (Å²) < 4.78 is 6.94. The first-order valence-electron chi connectivity index (χ1n) is 7.98. The van der Waals surface area contributed by atoms with E-state index in [-0.39, 0.29) is 24.8 Å². The summed E-state index contributed by atoms with van der Waals surface area (Å²) in [5, 5.41) is 17.2. The number of nitrogens with one attached hydrogen (secondary N) is 1. The summed E-state index contributed by atoms with van der Waals surface area (Å²) in [5.41, 5.74) is 0.966. The number of carbonyl (C=O) groups is 1. The van der Waals surface area contributed by atoms with Gasteiger partial charge in [-0.25, -0.2) is 4.68 Å². The van der Waals surface area contributed by atoms with Gasteiger partial charge in [-0.1, -0.05) is 23.7 Å². The maximum absolute atomic E-state index is 12.1. The zero-order valence-corrected chi connectivity index (χ0v) is 13.9. The number of aliphatic hydroxyl groups excluding tert-OH is 1. The molecular weight excluding hydrogens is 330 g/mol. The third kappa shape index (κ3) is 4.56. The molecular formula is C17H20ClN3O3. The Balaban J connectivity index is 1.49. The molecule has 7 heteroatoms. The van der Waals surface area contributed by atoms with Crippen molar-refractivity contribution in [2.75, 3.05) is 19.8 Å². The summed E-state index contributed by atoms with van der Waals surface area (Å²) in [4.78, 5) is 12.1. The van der Waals surface area contributed by atoms with Gasteiger partial charge >= 0.3 is 0 Å². The van der Waals surface area contributed by atoms with E-state index in [2.05, 4.69) is 10.4 Å². The number of aromatic nitrogens is 2. The second kappa shape index (κ2) is 7.79. The maximum Gasteiger partial charge on any atom is 0.271 e. The normalized spacial score (nSPS) is 15.2. The fraction of sp³-hybridized carbons (Fsp3) is 0.412. The van der Waals surface area contributed by atoms with Gasteiger partial charge in [0, 0.05) is 19.3 Å². The first-order valence-corrected chi connectivity index (χ1v) is 8.36. The molecule has 3 rings (SSSR count). The fourth-order valence-electron chi connectivity index (χ4n) is 2.23. The number of carbonyl (C=O) groups excluding carboxylic acids is 1. The van der Waals surface area contributed by atoms with Gasteiger partial charge in [0.05, 0.1) is 23.4 Å². The molecule has 0 spiro atoms. The van der Waals surface area contributed by atoms with Gasteiger partial charge in [-0.2, -0.15) is 5.10 Å². The number of halogens is 1. The number of hydrogen-bond donors (Lipinski definition) is 2. The average Bonchev–Trinajstić information content (AvgIpc) is 3.27. The second-order valence-electron chi connectivity index (χ2n) is 5.94. The molecule has 1 fully saturated rings. The Labute approximate surface area is 145 Å². The quantitative estimate of drug-likeness (QED) is 0.764. The zero-order valence-electron chi connectivity index (χ0n) is 13.2. The molecule has 24 heavy (non-hydrogen) atoms. The molecule has 1 heterocycles. The van der Waals surface area contributed by atoms with Gasteiger partial charge in [-0.05, 0) is 37.0 Å². The number of hydrogen-bond acceptors (Lipinski definition) is 4. The number of ether oxygens (including phenoxy) is 1. The molecule has 6 nitrogen and oxygen atoms in total. The van der Waals surface area contributed by atoms with Crippen molar-refractivity contribution in [3.8, 4) is 5.69 Å². The van der Waals surface area contributed by atoms with Crippen LogP contribution >= 0.6 is 11.6 Å². The highest BCUT2D eigenvalue weighted by atomic mass is 35.5. The van der Waals surface area contributed by atoms with Crippen molar-refractivity contribution in [3.63, 3.8) is 0 Å². The first-order chi connectivity index (χ1) is 11.6. The number of aliphatic hydroxyl groups is 1. The van der Waals surface area contributed by atoms with Gasteiger partial charge < -0.3 is 15.2 Å². The van der Waals surface area contributed by atoms with Crippen LogP contribution in [0.15, 0.2) is 36.5 Å². The molecule has 1 atom stereocenters. The lowest BCUT2D eigenvalue weighted by atomic mass is 10.3. The minimum Gasteiger partial charge on any atom is -0.389 e. The van der Waals surface area contributed by atoms with Gasteiger partial charge in [0.25, 0.3) is 5.91 Å². The van der Waals surface area contributed by atoms with Crippen LogP contribution in [0.25, 0.3) is 5.69 Å². The monoisotopic (exact) mass is 349 g/mol. The van der Waals surface area contributed by atoms with Crippen molar-refractivity contribution >= 4 is 17.5 Å². The first kappa shape index (κ1) is 17.0. The molecule has 0 bridgehead atoms. The van der Waals surface area contributed by atoms with Gasteiger partial charge in [0.15, 0.2) is 5.69 Å². The average molecular weight is 350 g/mol. The molecule has 128 valence electrons. The van der Waals surface area contributed by atoms with E-state index in [9.17, 15) is 9.90 Å². The second-order valence-corrected chi connectivity index (χ2v) is 6.35. The van der Waals surface area contributed by atoms with E-state index in [1.54, 1.807) is 23.0 Å². The van der Waals surface area contributed by atoms with Crippen LogP contribution in [-0.4, -0.2) is 46.7 Å². The number of benzene rings is 1. The van der Waals surface area contributed by atoms with E-state index in [1.165, 1.54) is 12.8 Å². The number of para-hydroxylation sites is 1. The van der Waals surface area contributed by atoms with Crippen LogP contribution < -0.4 is 5.32 Å². The largest absolute Gasteiger partial charge is 0.389 e. The topological polar surface area (TPSA) is 76.4 Å². The van der Waals surface area contributed by atoms with Crippen LogP contribution in [0.3, 0.4) is 0 Å². The Hall–Kier alpha value is -1.89. The molecule has 2 aromatic rings. The van der Waals surface area contributed by atoms with E-state index < -0.39 is 6.10 Å². The number of rotatable bonds is 8. The summed E-state index contributed by atoms with van der Waals surface area (Å²) in [6.45, 7) is 1.04. The smallest absolute Gasteiger partial charge is 0.271 e. The molecule has 0 radical (unpaired) electrons. The summed E-state index contributed by atoms with van der Waals surface area (Å²) in [6, 6.07) is 8.86. The van der Waals surface area contributed by atoms with Crippen LogP contribution in [0.1, 0.15) is 23.3 Å². The van der Waals surface area contributed by atoms with Crippen molar-refractivity contribution in [2.45, 2.75) is 18.9 Å². The van der Waals surface area contributed by atoms with Crippen molar-refractivity contribution in [1.82, 2.24) is 15.1 Å². The van der Waals surface area contributed by atoms with Crippen LogP contribution in [0.5, 0.6) is 0 Å². The number of amides is 1. The zero-order chi connectivity index (χ0) is 16.9. The molecule has 1 unspecified atom stereocenters. The lowest BCUT2D eigenvalue weighted by Gasteiger charge is -2.11. The van der Waals surface area contributed by atoms with Crippen molar-refractivity contribution in [3.05, 3.63) is 47.2 Å². The van der Waals surface area contributed by atoms with Crippen molar-refractivity contribution in [2.24, 2.45) is 5.92 Å². The molecule has 1 aromatic carbocycles. The van der Waals surface area contributed by atoms with Crippen LogP contribution in [0.4, 0.5) is 0 Å². The molecule has 1 amide bonds. The van der Waals surface area contributed by atoms with E-state index in [1.807, 2.05) is 18.2 Å². The number of nitrogens with zero attached hydrogens (tertiary/aromatic N) is 2. The SMILES string of the molecule is O=C(NCC(O)COCC1CC1)c1ccn(-c2ccccc2Cl)n1. The predicted octanol–water partition coefficient (Wildman–Crippen LogP) is 2.04. The van der Waals surface area contributed by atoms with Crippen molar-refractivity contribution in [1.29, 1.82) is 0 Å². The van der Waals surface area contributed by atoms with Crippen LogP contribution in [-0.2, 0) is 4.74 Å². The summed E-state index contributed by atoms with van der Waals surface area (Å²) >= 11 is 6.12. The highest BCUT2D eigenvalue weighted by molar-refractivity contribution is 6.32. The van der Waals surface area contributed by atoms with E-state index >= 15 is 0 Å². The summed E-state index contributed by atoms with van der Waals surface area (Å²) in [6.07, 6.45) is 3.37. The third-order valence-electron chi connectivity index (χ3n) is 3.78. The Kier molecular flexibility index (Phi) is 5.50. The standard InChI is InChI=1S/C17H20ClN3O3/c18-14-3-1-2-4-16(14)21-8-7-15(20-21)17(23)19-9-13(22)11-24-10-12-5-6-12/h1-4,7-8,12-13,22H,5-6,9-11H2,(H,19,23). The van der Waals surface area contributed by atoms with Crippen LogP contribution in [0.2, 0.25) is 5.02 Å². The van der Waals surface area contributed by atoms with Crippen LogP contribution in [0, 0.1) is 5.92 Å². The molecule has 1 saturated carbocycles. The molecule has 1 aromatic heterocycles. The Morgan fingerprint density at radius 3 is 2.96 bits per heavy atom. The minimum atomic E-state index is -0.724. The highest BCUT2D eigenvalue weighted by Gasteiger charge is 2.21. The lowest BCUT2D eigenvalue weighted by Crippen LogP contribution is -2.35. The van der Waals surface area contributed by atoms with Gasteiger partial charge in [0.1, 0.15) is 0 Å². The molecule has 0 aliphatic heterocycles. The van der Waals surface area contributed by atoms with E-state index in [0.717, 1.165) is 0 Å². The van der Waals surface area contributed by atoms with Gasteiger partial charge in [-0.3, -0.25) is 4.79 Å². The van der Waals surface area contributed by atoms with Gasteiger partial charge in [0.2, 0.25) is 0 Å². The van der Waals surface area contributed by atoms with E-state index in [4.69, 9.17) is 16.3 Å². The van der Waals surface area contributed by atoms with E-state index in [0.29, 0.717) is 23.2 Å². The lowest BCUT2D eigenvalue weighted by molar-refractivity contribution is 0.0320. The molecule has 1 aliphatic carbocycles. The maximum atomic E-state index is 12.1. The fourth-order valence-corrected chi connectivity index (χ4v) is 2.45. The molecule has 1 aliphatic rings. The third-order valence-corrected chi connectivity index (χ3v) is 4.10. The highest BCUT2D eigenvalue weighted by Crippen LogP contribution is 2.28. The Bertz CT molecular complexity index is 700.